The first-order valence-corrected chi connectivity index (χ1v) is 7.87. The predicted octanol–water partition coefficient (Wildman–Crippen LogP) is 4.61. The summed E-state index contributed by atoms with van der Waals surface area (Å²) in [5.41, 5.74) is 1.07. The number of rotatable bonds is 7. The molecule has 3 nitrogen and oxygen atoms in total. The van der Waals surface area contributed by atoms with Crippen LogP contribution < -0.4 is 0 Å². The molecule has 0 aliphatic heterocycles. The molecule has 1 atom stereocenters. The first-order valence-electron chi connectivity index (χ1n) is 7.87. The van der Waals surface area contributed by atoms with Crippen LogP contribution in [0.1, 0.15) is 29.7 Å². The Morgan fingerprint density at radius 3 is 2.36 bits per heavy atom. The largest absolute Gasteiger partial charge is 0.466 e. The van der Waals surface area contributed by atoms with Gasteiger partial charge in [-0.3, -0.25) is 4.79 Å². The smallest absolute Gasteiger partial charge is 0.418 e. The molecule has 2 rings (SSSR count). The third-order valence-electron chi connectivity index (χ3n) is 3.46. The highest BCUT2D eigenvalue weighted by molar-refractivity contribution is 5.72. The van der Waals surface area contributed by atoms with E-state index in [4.69, 9.17) is 9.47 Å². The Morgan fingerprint density at radius 2 is 1.72 bits per heavy atom. The fourth-order valence-corrected chi connectivity index (χ4v) is 2.38. The highest BCUT2D eigenvalue weighted by Gasteiger charge is 2.42. The monoisotopic (exact) mass is 352 g/mol. The van der Waals surface area contributed by atoms with Gasteiger partial charge in [0, 0.05) is 0 Å². The first kappa shape index (κ1) is 19.0. The molecule has 2 aromatic rings. The van der Waals surface area contributed by atoms with Crippen LogP contribution in [0.25, 0.3) is 0 Å². The van der Waals surface area contributed by atoms with E-state index in [0.717, 1.165) is 0 Å². The van der Waals surface area contributed by atoms with Crippen molar-refractivity contribution in [3.05, 3.63) is 71.3 Å². The van der Waals surface area contributed by atoms with Crippen molar-refractivity contribution in [3.63, 3.8) is 0 Å². The topological polar surface area (TPSA) is 35.5 Å². The molecule has 0 radical (unpaired) electrons. The van der Waals surface area contributed by atoms with E-state index in [2.05, 4.69) is 0 Å². The second-order valence-electron chi connectivity index (χ2n) is 5.45. The van der Waals surface area contributed by atoms with Crippen LogP contribution in [-0.4, -0.2) is 18.8 Å². The van der Waals surface area contributed by atoms with Crippen molar-refractivity contribution in [2.24, 2.45) is 0 Å². The van der Waals surface area contributed by atoms with Crippen molar-refractivity contribution in [3.8, 4) is 0 Å². The van der Waals surface area contributed by atoms with E-state index in [0.29, 0.717) is 11.1 Å². The number of alkyl halides is 3. The third kappa shape index (κ3) is 5.90. The van der Waals surface area contributed by atoms with Gasteiger partial charge in [-0.05, 0) is 23.6 Å². The molecule has 1 unspecified atom stereocenters. The Labute approximate surface area is 144 Å². The summed E-state index contributed by atoms with van der Waals surface area (Å²) in [4.78, 5) is 11.5. The van der Waals surface area contributed by atoms with E-state index in [1.807, 2.05) is 0 Å². The Hall–Kier alpha value is -2.34. The summed E-state index contributed by atoms with van der Waals surface area (Å²) in [5, 5.41) is 0. The Balaban J connectivity index is 2.16. The second kappa shape index (κ2) is 8.67. The van der Waals surface area contributed by atoms with Crippen molar-refractivity contribution in [2.75, 3.05) is 6.61 Å². The molecule has 0 saturated carbocycles. The molecule has 2 aromatic carbocycles. The third-order valence-corrected chi connectivity index (χ3v) is 3.46. The van der Waals surface area contributed by atoms with Crippen LogP contribution in [0.4, 0.5) is 13.2 Å². The quantitative estimate of drug-likeness (QED) is 0.683. The number of carbonyl (C=O) groups excluding carboxylic acids is 1. The number of hydrogen-bond acceptors (Lipinski definition) is 3. The molecule has 0 saturated heterocycles. The molecule has 25 heavy (non-hydrogen) atoms. The lowest BCUT2D eigenvalue weighted by molar-refractivity contribution is -0.227. The van der Waals surface area contributed by atoms with Crippen molar-refractivity contribution >= 4 is 5.97 Å². The van der Waals surface area contributed by atoms with E-state index in [1.165, 1.54) is 18.2 Å². The van der Waals surface area contributed by atoms with Gasteiger partial charge in [-0.1, -0.05) is 54.6 Å². The highest BCUT2D eigenvalue weighted by Crippen LogP contribution is 2.36. The van der Waals surface area contributed by atoms with Crippen LogP contribution >= 0.6 is 0 Å². The number of hydrogen-bond donors (Lipinski definition) is 0. The molecule has 134 valence electrons. The molecule has 0 aliphatic carbocycles. The Kier molecular flexibility index (Phi) is 6.58. The summed E-state index contributed by atoms with van der Waals surface area (Å²) in [7, 11) is 0. The highest BCUT2D eigenvalue weighted by atomic mass is 19.4. The Morgan fingerprint density at radius 1 is 1.04 bits per heavy atom. The summed E-state index contributed by atoms with van der Waals surface area (Å²) in [6, 6.07) is 14.4. The molecule has 0 amide bonds. The van der Waals surface area contributed by atoms with Gasteiger partial charge >= 0.3 is 12.1 Å². The van der Waals surface area contributed by atoms with Gasteiger partial charge in [0.25, 0.3) is 0 Å². The van der Waals surface area contributed by atoms with E-state index < -0.39 is 18.2 Å². The fourth-order valence-electron chi connectivity index (χ4n) is 2.38. The number of ether oxygens (including phenoxy) is 2. The Bertz CT molecular complexity index is 684. The van der Waals surface area contributed by atoms with Crippen molar-refractivity contribution in [2.45, 2.75) is 32.2 Å². The lowest BCUT2D eigenvalue weighted by atomic mass is 10.0. The molecule has 0 heterocycles. The van der Waals surface area contributed by atoms with Crippen LogP contribution in [0.3, 0.4) is 0 Å². The zero-order chi connectivity index (χ0) is 18.3. The SMILES string of the molecule is CCOC(=O)Cc1cccc(C(OCc2ccccc2)C(F)(F)F)c1. The van der Waals surface area contributed by atoms with Gasteiger partial charge in [-0.2, -0.15) is 13.2 Å². The zero-order valence-electron chi connectivity index (χ0n) is 13.8. The van der Waals surface area contributed by atoms with Gasteiger partial charge in [-0.25, -0.2) is 0 Å². The average Bonchev–Trinajstić information content (AvgIpc) is 2.55. The minimum Gasteiger partial charge on any atom is -0.466 e. The molecule has 0 aliphatic rings. The predicted molar refractivity (Wildman–Crippen MR) is 86.8 cm³/mol. The molecule has 6 heteroatoms. The summed E-state index contributed by atoms with van der Waals surface area (Å²) >= 11 is 0. The van der Waals surface area contributed by atoms with Crippen LogP contribution in [0.2, 0.25) is 0 Å². The number of carbonyl (C=O) groups is 1. The van der Waals surface area contributed by atoms with E-state index in [9.17, 15) is 18.0 Å². The minimum absolute atomic E-state index is 0.0368. The van der Waals surface area contributed by atoms with Gasteiger partial charge in [-0.15, -0.1) is 0 Å². The van der Waals surface area contributed by atoms with Crippen LogP contribution in [-0.2, 0) is 27.3 Å². The maximum Gasteiger partial charge on any atom is 0.418 e. The van der Waals surface area contributed by atoms with E-state index in [-0.39, 0.29) is 25.2 Å². The molecule has 0 aromatic heterocycles. The molecule has 0 fully saturated rings. The summed E-state index contributed by atoms with van der Waals surface area (Å²) < 4.78 is 50.2. The van der Waals surface area contributed by atoms with Gasteiger partial charge in [0.05, 0.1) is 19.6 Å². The van der Waals surface area contributed by atoms with E-state index >= 15 is 0 Å². The summed E-state index contributed by atoms with van der Waals surface area (Å²) in [5.74, 6) is -0.478. The van der Waals surface area contributed by atoms with E-state index in [1.54, 1.807) is 43.3 Å². The lowest BCUT2D eigenvalue weighted by Gasteiger charge is -2.22. The molecule has 0 N–H and O–H groups in total. The number of esters is 1. The molecule has 0 bridgehead atoms. The number of benzene rings is 2. The molecular weight excluding hydrogens is 333 g/mol. The van der Waals surface area contributed by atoms with Gasteiger partial charge in [0.2, 0.25) is 0 Å². The lowest BCUT2D eigenvalue weighted by Crippen LogP contribution is -2.24. The standard InChI is InChI=1S/C19H19F3O3/c1-2-24-17(23)12-15-9-6-10-16(11-15)18(19(20,21)22)25-13-14-7-4-3-5-8-14/h3-11,18H,2,12-13H2,1H3. The first-order chi connectivity index (χ1) is 11.9. The van der Waals surface area contributed by atoms with Crippen LogP contribution in [0.15, 0.2) is 54.6 Å². The van der Waals surface area contributed by atoms with Gasteiger partial charge < -0.3 is 9.47 Å². The molecule has 0 spiro atoms. The van der Waals surface area contributed by atoms with Gasteiger partial charge in [0.15, 0.2) is 6.10 Å². The zero-order valence-corrected chi connectivity index (χ0v) is 13.8. The fraction of sp³-hybridized carbons (Fsp3) is 0.316. The van der Waals surface area contributed by atoms with Crippen LogP contribution in [0.5, 0.6) is 0 Å². The number of halogens is 3. The van der Waals surface area contributed by atoms with Crippen molar-refractivity contribution in [1.82, 2.24) is 0 Å². The van der Waals surface area contributed by atoms with Crippen LogP contribution in [0, 0.1) is 0 Å². The van der Waals surface area contributed by atoms with Crippen molar-refractivity contribution < 1.29 is 27.4 Å². The minimum atomic E-state index is -4.56. The molecular formula is C19H19F3O3. The summed E-state index contributed by atoms with van der Waals surface area (Å²) in [6.45, 7) is 1.74. The average molecular weight is 352 g/mol. The normalized spacial score (nSPS) is 12.6. The van der Waals surface area contributed by atoms with Gasteiger partial charge in [0.1, 0.15) is 0 Å². The summed E-state index contributed by atoms with van der Waals surface area (Å²) in [6.07, 6.45) is -6.70. The maximum absolute atomic E-state index is 13.4. The van der Waals surface area contributed by atoms with Crippen molar-refractivity contribution in [1.29, 1.82) is 0 Å². The maximum atomic E-state index is 13.4. The second-order valence-corrected chi connectivity index (χ2v) is 5.45.